The summed E-state index contributed by atoms with van der Waals surface area (Å²) in [5.74, 6) is -0.670. The second-order valence-electron chi connectivity index (χ2n) is 5.92. The number of nitrogens with one attached hydrogen (secondary N) is 1. The summed E-state index contributed by atoms with van der Waals surface area (Å²) in [5, 5.41) is 2.95. The van der Waals surface area contributed by atoms with Gasteiger partial charge in [0.05, 0.1) is 0 Å². The van der Waals surface area contributed by atoms with E-state index in [1.165, 1.54) is 18.9 Å². The minimum absolute atomic E-state index is 0.227. The summed E-state index contributed by atoms with van der Waals surface area (Å²) in [5.41, 5.74) is 6.95. The van der Waals surface area contributed by atoms with Gasteiger partial charge in [0.2, 0.25) is 0 Å². The Balaban J connectivity index is 2.05. The molecular formula is C16H23FN2O. The average Bonchev–Trinajstić information content (AvgIpc) is 2.91. The zero-order chi connectivity index (χ0) is 14.8. The van der Waals surface area contributed by atoms with Gasteiger partial charge in [-0.05, 0) is 43.7 Å². The smallest absolute Gasteiger partial charge is 0.251 e. The van der Waals surface area contributed by atoms with Crippen LogP contribution in [0.4, 0.5) is 10.1 Å². The predicted molar refractivity (Wildman–Crippen MR) is 79.1 cm³/mol. The van der Waals surface area contributed by atoms with Crippen LogP contribution in [0.15, 0.2) is 12.1 Å². The third-order valence-corrected chi connectivity index (χ3v) is 4.68. The molecule has 0 heterocycles. The van der Waals surface area contributed by atoms with Crippen molar-refractivity contribution in [2.24, 2.45) is 5.41 Å². The first kappa shape index (κ1) is 14.8. The lowest BCUT2D eigenvalue weighted by Gasteiger charge is -2.27. The number of nitrogen functional groups attached to an aromatic ring is 1. The highest BCUT2D eigenvalue weighted by Gasteiger charge is 2.32. The fourth-order valence-electron chi connectivity index (χ4n) is 2.98. The van der Waals surface area contributed by atoms with Crippen molar-refractivity contribution in [1.82, 2.24) is 5.32 Å². The molecule has 1 fully saturated rings. The number of carbonyl (C=O) groups is 1. The molecule has 0 radical (unpaired) electrons. The maximum absolute atomic E-state index is 13.6. The minimum atomic E-state index is -0.429. The van der Waals surface area contributed by atoms with Crippen LogP contribution in [-0.4, -0.2) is 12.5 Å². The van der Waals surface area contributed by atoms with E-state index in [1.54, 1.807) is 13.0 Å². The Morgan fingerprint density at radius 1 is 1.40 bits per heavy atom. The molecule has 1 aliphatic rings. The molecule has 0 spiro atoms. The standard InChI is InChI=1S/C16H23FN2O/c1-3-16(6-4-5-7-16)10-19-15(20)12-8-13(17)11(2)14(18)9-12/h8-9H,3-7,10,18H2,1-2H3,(H,19,20). The quantitative estimate of drug-likeness (QED) is 0.829. The first-order valence-corrected chi connectivity index (χ1v) is 7.31. The molecule has 1 aromatic rings. The van der Waals surface area contributed by atoms with Crippen LogP contribution in [0, 0.1) is 18.2 Å². The molecule has 0 bridgehead atoms. The number of rotatable bonds is 4. The Hall–Kier alpha value is -1.58. The van der Waals surface area contributed by atoms with Gasteiger partial charge in [-0.15, -0.1) is 0 Å². The number of hydrogen-bond acceptors (Lipinski definition) is 2. The first-order chi connectivity index (χ1) is 9.47. The summed E-state index contributed by atoms with van der Waals surface area (Å²) in [6.07, 6.45) is 5.85. The van der Waals surface area contributed by atoms with Gasteiger partial charge >= 0.3 is 0 Å². The van der Waals surface area contributed by atoms with Crippen LogP contribution < -0.4 is 11.1 Å². The summed E-state index contributed by atoms with van der Waals surface area (Å²) in [6.45, 7) is 4.44. The third kappa shape index (κ3) is 2.94. The second kappa shape index (κ2) is 5.81. The van der Waals surface area contributed by atoms with E-state index in [9.17, 15) is 9.18 Å². The number of anilines is 1. The number of amides is 1. The van der Waals surface area contributed by atoms with Crippen molar-refractivity contribution >= 4 is 11.6 Å². The van der Waals surface area contributed by atoms with Crippen molar-refractivity contribution in [1.29, 1.82) is 0 Å². The lowest BCUT2D eigenvalue weighted by atomic mass is 9.83. The predicted octanol–water partition coefficient (Wildman–Crippen LogP) is 3.42. The molecule has 3 nitrogen and oxygen atoms in total. The van der Waals surface area contributed by atoms with Crippen LogP contribution in [-0.2, 0) is 0 Å². The molecule has 0 atom stereocenters. The van der Waals surface area contributed by atoms with E-state index < -0.39 is 5.82 Å². The fraction of sp³-hybridized carbons (Fsp3) is 0.562. The Morgan fingerprint density at radius 3 is 2.60 bits per heavy atom. The molecular weight excluding hydrogens is 255 g/mol. The summed E-state index contributed by atoms with van der Waals surface area (Å²) in [7, 11) is 0. The van der Waals surface area contributed by atoms with E-state index in [0.29, 0.717) is 23.4 Å². The molecule has 20 heavy (non-hydrogen) atoms. The van der Waals surface area contributed by atoms with Crippen LogP contribution in [0.25, 0.3) is 0 Å². The molecule has 0 aromatic heterocycles. The van der Waals surface area contributed by atoms with Crippen LogP contribution >= 0.6 is 0 Å². The molecule has 1 aromatic carbocycles. The van der Waals surface area contributed by atoms with Crippen molar-refractivity contribution in [3.63, 3.8) is 0 Å². The minimum Gasteiger partial charge on any atom is -0.398 e. The van der Waals surface area contributed by atoms with E-state index in [4.69, 9.17) is 5.73 Å². The van der Waals surface area contributed by atoms with Crippen molar-refractivity contribution < 1.29 is 9.18 Å². The summed E-state index contributed by atoms with van der Waals surface area (Å²) in [6, 6.07) is 2.80. The highest BCUT2D eigenvalue weighted by molar-refractivity contribution is 5.95. The molecule has 0 saturated heterocycles. The molecule has 2 rings (SSSR count). The number of benzene rings is 1. The summed E-state index contributed by atoms with van der Waals surface area (Å²) >= 11 is 0. The first-order valence-electron chi connectivity index (χ1n) is 7.31. The lowest BCUT2D eigenvalue weighted by Crippen LogP contribution is -2.35. The van der Waals surface area contributed by atoms with Crippen LogP contribution in [0.5, 0.6) is 0 Å². The molecule has 110 valence electrons. The van der Waals surface area contributed by atoms with E-state index in [1.807, 2.05) is 0 Å². The maximum atomic E-state index is 13.6. The van der Waals surface area contributed by atoms with Gasteiger partial charge in [-0.1, -0.05) is 19.8 Å². The van der Waals surface area contributed by atoms with E-state index in [-0.39, 0.29) is 11.3 Å². The van der Waals surface area contributed by atoms with Gasteiger partial charge in [-0.25, -0.2) is 4.39 Å². The second-order valence-corrected chi connectivity index (χ2v) is 5.92. The zero-order valence-corrected chi connectivity index (χ0v) is 12.3. The van der Waals surface area contributed by atoms with Gasteiger partial charge < -0.3 is 11.1 Å². The van der Waals surface area contributed by atoms with E-state index in [2.05, 4.69) is 12.2 Å². The maximum Gasteiger partial charge on any atom is 0.251 e. The van der Waals surface area contributed by atoms with Crippen molar-refractivity contribution in [3.05, 3.63) is 29.1 Å². The SMILES string of the molecule is CCC1(CNC(=O)c2cc(N)c(C)c(F)c2)CCCC1. The Morgan fingerprint density at radius 2 is 2.05 bits per heavy atom. The summed E-state index contributed by atoms with van der Waals surface area (Å²) < 4.78 is 13.6. The summed E-state index contributed by atoms with van der Waals surface area (Å²) in [4.78, 5) is 12.1. The Kier molecular flexibility index (Phi) is 4.31. The van der Waals surface area contributed by atoms with E-state index in [0.717, 1.165) is 19.3 Å². The molecule has 1 amide bonds. The number of carbonyl (C=O) groups excluding carboxylic acids is 1. The average molecular weight is 278 g/mol. The van der Waals surface area contributed by atoms with E-state index >= 15 is 0 Å². The van der Waals surface area contributed by atoms with Gasteiger partial charge in [0, 0.05) is 23.4 Å². The van der Waals surface area contributed by atoms with Crippen molar-refractivity contribution in [2.45, 2.75) is 46.0 Å². The lowest BCUT2D eigenvalue weighted by molar-refractivity contribution is 0.0928. The molecule has 1 saturated carbocycles. The topological polar surface area (TPSA) is 55.1 Å². The zero-order valence-electron chi connectivity index (χ0n) is 12.3. The van der Waals surface area contributed by atoms with Crippen molar-refractivity contribution in [3.8, 4) is 0 Å². The van der Waals surface area contributed by atoms with Gasteiger partial charge in [0.15, 0.2) is 0 Å². The van der Waals surface area contributed by atoms with Gasteiger partial charge in [0.1, 0.15) is 5.82 Å². The normalized spacial score (nSPS) is 17.1. The largest absolute Gasteiger partial charge is 0.398 e. The highest BCUT2D eigenvalue weighted by Crippen LogP contribution is 2.40. The van der Waals surface area contributed by atoms with Gasteiger partial charge in [-0.3, -0.25) is 4.79 Å². The third-order valence-electron chi connectivity index (χ3n) is 4.68. The number of hydrogen-bond donors (Lipinski definition) is 2. The monoisotopic (exact) mass is 278 g/mol. The molecule has 3 N–H and O–H groups in total. The molecule has 0 unspecified atom stereocenters. The molecule has 1 aliphatic carbocycles. The van der Waals surface area contributed by atoms with Crippen LogP contribution in [0.1, 0.15) is 54.9 Å². The number of nitrogens with two attached hydrogens (primary N) is 1. The Bertz CT molecular complexity index is 484. The van der Waals surface area contributed by atoms with Crippen LogP contribution in [0.2, 0.25) is 0 Å². The molecule has 4 heteroatoms. The highest BCUT2D eigenvalue weighted by atomic mass is 19.1. The number of halogens is 1. The van der Waals surface area contributed by atoms with Gasteiger partial charge in [0.25, 0.3) is 5.91 Å². The Labute approximate surface area is 119 Å². The van der Waals surface area contributed by atoms with Gasteiger partial charge in [-0.2, -0.15) is 0 Å². The van der Waals surface area contributed by atoms with Crippen molar-refractivity contribution in [2.75, 3.05) is 12.3 Å². The van der Waals surface area contributed by atoms with Crippen LogP contribution in [0.3, 0.4) is 0 Å². The fourth-order valence-corrected chi connectivity index (χ4v) is 2.98. The molecule has 0 aliphatic heterocycles.